The van der Waals surface area contributed by atoms with Gasteiger partial charge in [0.1, 0.15) is 0 Å². The third kappa shape index (κ3) is 3.65. The maximum Gasteiger partial charge on any atom is 0.404 e. The van der Waals surface area contributed by atoms with E-state index in [4.69, 9.17) is 19.7 Å². The molecule has 2 unspecified atom stereocenters. The number of amides is 1. The molecule has 1 aliphatic heterocycles. The van der Waals surface area contributed by atoms with Crippen LogP contribution in [0.4, 0.5) is 4.79 Å². The second kappa shape index (κ2) is 4.78. The molecule has 0 aliphatic carbocycles. The Morgan fingerprint density at radius 3 is 2.80 bits per heavy atom. The molecule has 6 nitrogen and oxygen atoms in total. The molecule has 1 rings (SSSR count). The molecule has 0 aromatic rings. The SMILES string of the molecule is CC1(C)OCC(CNC(=O)O)C(CO)O1. The van der Waals surface area contributed by atoms with Gasteiger partial charge in [-0.05, 0) is 13.8 Å². The standard InChI is InChI=1S/C9H17NO5/c1-9(2)14-5-6(3-10-8(12)13)7(4-11)15-9/h6-7,10-11H,3-5H2,1-2H3,(H,12,13). The van der Waals surface area contributed by atoms with Gasteiger partial charge in [-0.15, -0.1) is 0 Å². The van der Waals surface area contributed by atoms with Gasteiger partial charge in [0, 0.05) is 12.5 Å². The highest BCUT2D eigenvalue weighted by atomic mass is 16.7. The van der Waals surface area contributed by atoms with Crippen molar-refractivity contribution in [1.29, 1.82) is 0 Å². The molecule has 1 saturated heterocycles. The Balaban J connectivity index is 2.47. The average Bonchev–Trinajstić information content (AvgIpc) is 2.14. The number of aliphatic hydroxyl groups is 1. The van der Waals surface area contributed by atoms with Crippen molar-refractivity contribution in [2.24, 2.45) is 5.92 Å². The van der Waals surface area contributed by atoms with Gasteiger partial charge in [0.15, 0.2) is 5.79 Å². The molecule has 1 fully saturated rings. The summed E-state index contributed by atoms with van der Waals surface area (Å²) in [4.78, 5) is 10.3. The topological polar surface area (TPSA) is 88.0 Å². The van der Waals surface area contributed by atoms with Crippen molar-refractivity contribution >= 4 is 6.09 Å². The Hall–Kier alpha value is -0.850. The predicted molar refractivity (Wildman–Crippen MR) is 51.5 cm³/mol. The summed E-state index contributed by atoms with van der Waals surface area (Å²) in [6.07, 6.45) is -1.47. The molecule has 2 atom stereocenters. The number of aliphatic hydroxyl groups excluding tert-OH is 1. The van der Waals surface area contributed by atoms with E-state index in [2.05, 4.69) is 5.32 Å². The van der Waals surface area contributed by atoms with Crippen LogP contribution in [0.15, 0.2) is 0 Å². The molecule has 6 heteroatoms. The monoisotopic (exact) mass is 219 g/mol. The van der Waals surface area contributed by atoms with Crippen LogP contribution in [0, 0.1) is 5.92 Å². The lowest BCUT2D eigenvalue weighted by atomic mass is 10.0. The van der Waals surface area contributed by atoms with Gasteiger partial charge in [0.05, 0.1) is 19.3 Å². The summed E-state index contributed by atoms with van der Waals surface area (Å²) in [6.45, 7) is 3.97. The van der Waals surface area contributed by atoms with Gasteiger partial charge >= 0.3 is 6.09 Å². The summed E-state index contributed by atoms with van der Waals surface area (Å²) in [5.74, 6) is -0.869. The van der Waals surface area contributed by atoms with Crippen LogP contribution in [0.3, 0.4) is 0 Å². The minimum Gasteiger partial charge on any atom is -0.465 e. The first-order chi connectivity index (χ1) is 6.94. The fourth-order valence-corrected chi connectivity index (χ4v) is 1.50. The summed E-state index contributed by atoms with van der Waals surface area (Å²) >= 11 is 0. The first kappa shape index (κ1) is 12.2. The second-order valence-electron chi connectivity index (χ2n) is 4.00. The Morgan fingerprint density at radius 2 is 2.27 bits per heavy atom. The largest absolute Gasteiger partial charge is 0.465 e. The average molecular weight is 219 g/mol. The molecule has 3 N–H and O–H groups in total. The molecule has 1 aliphatic rings. The van der Waals surface area contributed by atoms with Crippen LogP contribution < -0.4 is 5.32 Å². The second-order valence-corrected chi connectivity index (χ2v) is 4.00. The minimum atomic E-state index is -1.09. The van der Waals surface area contributed by atoms with Crippen LogP contribution in [0.5, 0.6) is 0 Å². The normalized spacial score (nSPS) is 29.8. The zero-order chi connectivity index (χ0) is 11.5. The zero-order valence-electron chi connectivity index (χ0n) is 8.90. The molecular weight excluding hydrogens is 202 g/mol. The number of hydrogen-bond acceptors (Lipinski definition) is 4. The van der Waals surface area contributed by atoms with Crippen LogP contribution >= 0.6 is 0 Å². The van der Waals surface area contributed by atoms with E-state index in [1.807, 2.05) is 0 Å². The highest BCUT2D eigenvalue weighted by Gasteiger charge is 2.36. The fourth-order valence-electron chi connectivity index (χ4n) is 1.50. The smallest absolute Gasteiger partial charge is 0.404 e. The van der Waals surface area contributed by atoms with Gasteiger partial charge in [-0.25, -0.2) is 4.79 Å². The Kier molecular flexibility index (Phi) is 3.90. The summed E-state index contributed by atoms with van der Waals surface area (Å²) in [5.41, 5.74) is 0. The molecule has 0 aromatic carbocycles. The number of rotatable bonds is 3. The van der Waals surface area contributed by atoms with E-state index in [0.717, 1.165) is 0 Å². The third-order valence-electron chi connectivity index (χ3n) is 2.30. The van der Waals surface area contributed by atoms with Crippen LogP contribution in [-0.2, 0) is 9.47 Å². The maximum atomic E-state index is 10.3. The van der Waals surface area contributed by atoms with Crippen LogP contribution in [-0.4, -0.2) is 48.0 Å². The van der Waals surface area contributed by atoms with Crippen LogP contribution in [0.2, 0.25) is 0 Å². The molecule has 0 spiro atoms. The lowest BCUT2D eigenvalue weighted by molar-refractivity contribution is -0.296. The molecule has 1 amide bonds. The van der Waals surface area contributed by atoms with E-state index in [9.17, 15) is 4.79 Å². The third-order valence-corrected chi connectivity index (χ3v) is 2.30. The summed E-state index contributed by atoms with van der Waals surface area (Å²) < 4.78 is 10.8. The number of nitrogens with one attached hydrogen (secondary N) is 1. The van der Waals surface area contributed by atoms with Crippen molar-refractivity contribution in [3.63, 3.8) is 0 Å². The zero-order valence-corrected chi connectivity index (χ0v) is 8.90. The Morgan fingerprint density at radius 1 is 1.60 bits per heavy atom. The van der Waals surface area contributed by atoms with Gasteiger partial charge in [0.25, 0.3) is 0 Å². The predicted octanol–water partition coefficient (Wildman–Crippen LogP) is 0.0140. The first-order valence-electron chi connectivity index (χ1n) is 4.84. The van der Waals surface area contributed by atoms with E-state index in [1.54, 1.807) is 13.8 Å². The lowest BCUT2D eigenvalue weighted by Crippen LogP contribution is -2.50. The van der Waals surface area contributed by atoms with Crippen molar-refractivity contribution in [3.8, 4) is 0 Å². The molecule has 0 bridgehead atoms. The lowest BCUT2D eigenvalue weighted by Gasteiger charge is -2.40. The van der Waals surface area contributed by atoms with Gasteiger partial charge in [-0.3, -0.25) is 0 Å². The number of hydrogen-bond donors (Lipinski definition) is 3. The van der Waals surface area contributed by atoms with Crippen LogP contribution in [0.25, 0.3) is 0 Å². The highest BCUT2D eigenvalue weighted by molar-refractivity contribution is 5.64. The highest BCUT2D eigenvalue weighted by Crippen LogP contribution is 2.25. The van der Waals surface area contributed by atoms with E-state index in [1.165, 1.54) is 0 Å². The molecular formula is C9H17NO5. The molecule has 88 valence electrons. The van der Waals surface area contributed by atoms with Crippen LogP contribution in [0.1, 0.15) is 13.8 Å². The van der Waals surface area contributed by atoms with E-state index < -0.39 is 11.9 Å². The quantitative estimate of drug-likeness (QED) is 0.622. The number of carboxylic acid groups (broad SMARTS) is 1. The van der Waals surface area contributed by atoms with E-state index >= 15 is 0 Å². The minimum absolute atomic E-state index is 0.140. The molecule has 0 aromatic heterocycles. The Bertz CT molecular complexity index is 231. The van der Waals surface area contributed by atoms with Gasteiger partial charge in [-0.2, -0.15) is 0 Å². The number of ether oxygens (including phenoxy) is 2. The summed E-state index contributed by atoms with van der Waals surface area (Å²) in [7, 11) is 0. The van der Waals surface area contributed by atoms with Gasteiger partial charge in [0.2, 0.25) is 0 Å². The first-order valence-corrected chi connectivity index (χ1v) is 4.84. The fraction of sp³-hybridized carbons (Fsp3) is 0.889. The molecule has 0 saturated carbocycles. The molecule has 0 radical (unpaired) electrons. The van der Waals surface area contributed by atoms with Crippen molar-refractivity contribution in [1.82, 2.24) is 5.32 Å². The van der Waals surface area contributed by atoms with E-state index in [0.29, 0.717) is 6.61 Å². The van der Waals surface area contributed by atoms with Gasteiger partial charge < -0.3 is 25.0 Å². The Labute approximate surface area is 88.2 Å². The van der Waals surface area contributed by atoms with Crippen molar-refractivity contribution in [3.05, 3.63) is 0 Å². The van der Waals surface area contributed by atoms with Crippen molar-refractivity contribution in [2.45, 2.75) is 25.7 Å². The molecule has 1 heterocycles. The van der Waals surface area contributed by atoms with Crippen molar-refractivity contribution < 1.29 is 24.5 Å². The molecule has 15 heavy (non-hydrogen) atoms. The van der Waals surface area contributed by atoms with Crippen molar-refractivity contribution in [2.75, 3.05) is 19.8 Å². The maximum absolute atomic E-state index is 10.3. The van der Waals surface area contributed by atoms with E-state index in [-0.39, 0.29) is 25.2 Å². The van der Waals surface area contributed by atoms with Gasteiger partial charge in [-0.1, -0.05) is 0 Å². The number of carbonyl (C=O) groups is 1. The summed E-state index contributed by atoms with van der Waals surface area (Å²) in [5, 5.41) is 19.8. The summed E-state index contributed by atoms with van der Waals surface area (Å²) in [6, 6.07) is 0.